The van der Waals surface area contributed by atoms with E-state index in [1.807, 2.05) is 0 Å². The molecule has 13 N–H and O–H groups in total. The lowest BCUT2D eigenvalue weighted by Crippen LogP contribution is -2.61. The van der Waals surface area contributed by atoms with Crippen molar-refractivity contribution >= 4 is 47.4 Å². The molecule has 0 spiro atoms. The molecule has 7 atom stereocenters. The smallest absolute Gasteiger partial charge is 0.322 e. The van der Waals surface area contributed by atoms with Crippen molar-refractivity contribution < 1.29 is 63.9 Å². The van der Waals surface area contributed by atoms with Gasteiger partial charge in [-0.25, -0.2) is 0 Å². The van der Waals surface area contributed by atoms with Crippen LogP contribution in [0, 0.1) is 0 Å². The minimum absolute atomic E-state index is 0.0593. The van der Waals surface area contributed by atoms with E-state index in [9.17, 15) is 53.7 Å². The number of phenolic OH excluding ortho intramolecular Hbond substituents is 2. The van der Waals surface area contributed by atoms with Crippen molar-refractivity contribution in [2.24, 2.45) is 5.73 Å². The van der Waals surface area contributed by atoms with E-state index in [4.69, 9.17) is 15.9 Å². The molecule has 3 rings (SSSR count). The van der Waals surface area contributed by atoms with Crippen LogP contribution in [-0.4, -0.2) is 122 Å². The average Bonchev–Trinajstić information content (AvgIpc) is 3.21. The Balaban J connectivity index is 1.81. The van der Waals surface area contributed by atoms with Crippen molar-refractivity contribution in [2.75, 3.05) is 6.54 Å². The third-order valence-corrected chi connectivity index (χ3v) is 9.17. The van der Waals surface area contributed by atoms with Gasteiger partial charge in [0.05, 0.1) is 12.1 Å². The number of aliphatic carboxylic acids is 2. The number of carboxylic acids is 2. The highest BCUT2D eigenvalue weighted by atomic mass is 16.4. The Bertz CT molecular complexity index is 2000. The summed E-state index contributed by atoms with van der Waals surface area (Å²) in [6.07, 6.45) is -2.59. The van der Waals surface area contributed by atoms with Gasteiger partial charge in [0.25, 0.3) is 0 Å². The van der Waals surface area contributed by atoms with E-state index >= 15 is 0 Å². The lowest BCUT2D eigenvalue weighted by atomic mass is 10.0. The van der Waals surface area contributed by atoms with E-state index in [1.54, 1.807) is 30.3 Å². The summed E-state index contributed by atoms with van der Waals surface area (Å²) in [6.45, 7) is 1.67. The number of carbonyl (C=O) groups is 8. The van der Waals surface area contributed by atoms with Crippen LogP contribution < -0.4 is 37.6 Å². The van der Waals surface area contributed by atoms with Gasteiger partial charge < -0.3 is 63.2 Å². The second-order valence-corrected chi connectivity index (χ2v) is 14.2. The van der Waals surface area contributed by atoms with Crippen molar-refractivity contribution in [3.05, 3.63) is 95.6 Å². The molecule has 3 aromatic rings. The SMILES string of the molecule is C[C@H](NC(=O)[C@H](Cc1ccc(O)cc1)NC(=O)[C@H](Cc1ccccc1)NC(=O)[C@@H](N)CCC(=O)O)C(=O)N[C@H](C(=O)N[C@@H](Cc1ccc(O)cc1)C(=O)NCC(=O)O)[C@@H](C)O. The van der Waals surface area contributed by atoms with Crippen LogP contribution in [-0.2, 0) is 57.6 Å². The fraction of sp³-hybridized carbons (Fsp3) is 0.366. The van der Waals surface area contributed by atoms with Gasteiger partial charge >= 0.3 is 11.9 Å². The number of amides is 6. The maximum Gasteiger partial charge on any atom is 0.322 e. The molecule has 61 heavy (non-hydrogen) atoms. The number of hydrogen-bond donors (Lipinski definition) is 12. The second kappa shape index (κ2) is 23.5. The Kier molecular flexibility index (Phi) is 18.6. The molecular formula is C41H51N7O13. The topological polar surface area (TPSA) is 336 Å². The highest BCUT2D eigenvalue weighted by Crippen LogP contribution is 2.14. The molecule has 0 aliphatic rings. The lowest BCUT2D eigenvalue weighted by molar-refractivity contribution is -0.139. The van der Waals surface area contributed by atoms with Gasteiger partial charge in [0, 0.05) is 25.7 Å². The Labute approximate surface area is 350 Å². The molecule has 20 heteroatoms. The van der Waals surface area contributed by atoms with E-state index in [-0.39, 0.29) is 37.2 Å². The minimum atomic E-state index is -1.70. The van der Waals surface area contributed by atoms with E-state index in [2.05, 4.69) is 31.9 Å². The molecule has 0 aromatic heterocycles. The number of nitrogens with one attached hydrogen (secondary N) is 6. The van der Waals surface area contributed by atoms with Crippen LogP contribution in [0.15, 0.2) is 78.9 Å². The van der Waals surface area contributed by atoms with Crippen LogP contribution in [0.5, 0.6) is 11.5 Å². The normalized spacial score (nSPS) is 14.3. The Morgan fingerprint density at radius 2 is 0.984 bits per heavy atom. The molecule has 0 unspecified atom stereocenters. The van der Waals surface area contributed by atoms with Crippen molar-refractivity contribution in [2.45, 2.75) is 88.3 Å². The third-order valence-electron chi connectivity index (χ3n) is 9.17. The number of aliphatic hydroxyl groups excluding tert-OH is 1. The maximum atomic E-state index is 13.9. The molecule has 20 nitrogen and oxygen atoms in total. The van der Waals surface area contributed by atoms with Gasteiger partial charge in [-0.3, -0.25) is 38.4 Å². The zero-order chi connectivity index (χ0) is 45.2. The van der Waals surface area contributed by atoms with E-state index in [0.717, 1.165) is 0 Å². The maximum absolute atomic E-state index is 13.9. The number of hydrogen-bond acceptors (Lipinski definition) is 12. The zero-order valence-corrected chi connectivity index (χ0v) is 33.4. The van der Waals surface area contributed by atoms with E-state index < -0.39 is 103 Å². The first-order valence-electron chi connectivity index (χ1n) is 19.1. The van der Waals surface area contributed by atoms with Gasteiger partial charge in [0.1, 0.15) is 48.3 Å². The number of rotatable bonds is 23. The number of nitrogens with two attached hydrogens (primary N) is 1. The van der Waals surface area contributed by atoms with Crippen molar-refractivity contribution in [3.8, 4) is 11.5 Å². The summed E-state index contributed by atoms with van der Waals surface area (Å²) < 4.78 is 0. The number of carbonyl (C=O) groups excluding carboxylic acids is 6. The van der Waals surface area contributed by atoms with Crippen molar-refractivity contribution in [3.63, 3.8) is 0 Å². The molecule has 0 heterocycles. The highest BCUT2D eigenvalue weighted by molar-refractivity contribution is 5.97. The van der Waals surface area contributed by atoms with E-state index in [1.165, 1.54) is 62.4 Å². The number of benzene rings is 3. The molecule has 0 fully saturated rings. The molecule has 328 valence electrons. The number of phenols is 2. The summed E-state index contributed by atoms with van der Waals surface area (Å²) in [5, 5.41) is 62.5. The number of aliphatic hydroxyl groups is 1. The number of aromatic hydroxyl groups is 2. The Hall–Kier alpha value is -7.06. The van der Waals surface area contributed by atoms with Gasteiger partial charge in [0.15, 0.2) is 0 Å². The summed E-state index contributed by atoms with van der Waals surface area (Å²) in [5.74, 6) is -8.12. The standard InChI is InChI=1S/C41H51N7O13/c1-22(36(56)48-35(23(2)49)41(61)47-30(38(58)43-21-34(54)55)19-25-8-12-27(50)13-9-25)44-39(59)31(20-26-10-14-28(51)15-11-26)46-40(60)32(18-24-6-4-3-5-7-24)45-37(57)29(42)16-17-33(52)53/h3-15,22-23,29-32,35,49-51H,16-21,42H2,1-2H3,(H,43,58)(H,44,59)(H,45,57)(H,46,60)(H,47,61)(H,48,56)(H,52,53)(H,54,55)/t22-,23+,29-,30-,31-,32-,35-/m0/s1. The average molecular weight is 850 g/mol. The van der Waals surface area contributed by atoms with Crippen LogP contribution >= 0.6 is 0 Å². The van der Waals surface area contributed by atoms with Crippen LogP contribution in [0.25, 0.3) is 0 Å². The molecular weight excluding hydrogens is 798 g/mol. The molecule has 0 saturated carbocycles. The van der Waals surface area contributed by atoms with Crippen LogP contribution in [0.3, 0.4) is 0 Å². The first-order valence-corrected chi connectivity index (χ1v) is 19.1. The van der Waals surface area contributed by atoms with Gasteiger partial charge in [0.2, 0.25) is 35.4 Å². The quantitative estimate of drug-likeness (QED) is 0.0509. The summed E-state index contributed by atoms with van der Waals surface area (Å²) >= 11 is 0. The fourth-order valence-electron chi connectivity index (χ4n) is 5.78. The highest BCUT2D eigenvalue weighted by Gasteiger charge is 2.34. The minimum Gasteiger partial charge on any atom is -0.508 e. The summed E-state index contributed by atoms with van der Waals surface area (Å²) in [5.41, 5.74) is 7.46. The monoisotopic (exact) mass is 849 g/mol. The fourth-order valence-corrected chi connectivity index (χ4v) is 5.78. The molecule has 0 aliphatic heterocycles. The van der Waals surface area contributed by atoms with Crippen molar-refractivity contribution in [1.82, 2.24) is 31.9 Å². The van der Waals surface area contributed by atoms with Crippen LogP contribution in [0.4, 0.5) is 0 Å². The van der Waals surface area contributed by atoms with Crippen LogP contribution in [0.1, 0.15) is 43.4 Å². The first kappa shape index (κ1) is 48.3. The largest absolute Gasteiger partial charge is 0.508 e. The second-order valence-electron chi connectivity index (χ2n) is 14.2. The zero-order valence-electron chi connectivity index (χ0n) is 33.4. The molecule has 3 aromatic carbocycles. The predicted octanol–water partition coefficient (Wildman–Crippen LogP) is -1.66. The number of carboxylic acid groups (broad SMARTS) is 2. The molecule has 0 radical (unpaired) electrons. The summed E-state index contributed by atoms with van der Waals surface area (Å²) in [6, 6.07) is 11.3. The lowest BCUT2D eigenvalue weighted by Gasteiger charge is -2.27. The Morgan fingerprint density at radius 1 is 0.541 bits per heavy atom. The third kappa shape index (κ3) is 16.6. The molecule has 6 amide bonds. The summed E-state index contributed by atoms with van der Waals surface area (Å²) in [7, 11) is 0. The molecule has 0 aliphatic carbocycles. The van der Waals surface area contributed by atoms with Gasteiger partial charge in [-0.1, -0.05) is 54.6 Å². The van der Waals surface area contributed by atoms with Crippen LogP contribution in [0.2, 0.25) is 0 Å². The van der Waals surface area contributed by atoms with Gasteiger partial charge in [-0.2, -0.15) is 0 Å². The van der Waals surface area contributed by atoms with E-state index in [0.29, 0.717) is 16.7 Å². The van der Waals surface area contributed by atoms with Gasteiger partial charge in [-0.05, 0) is 61.2 Å². The molecule has 0 saturated heterocycles. The molecule has 0 bridgehead atoms. The predicted molar refractivity (Wildman–Crippen MR) is 216 cm³/mol. The van der Waals surface area contributed by atoms with Crippen molar-refractivity contribution in [1.29, 1.82) is 0 Å². The summed E-state index contributed by atoms with van der Waals surface area (Å²) in [4.78, 5) is 103. The van der Waals surface area contributed by atoms with Gasteiger partial charge in [-0.15, -0.1) is 0 Å². The first-order chi connectivity index (χ1) is 28.8. The Morgan fingerprint density at radius 3 is 1.46 bits per heavy atom.